The molecule has 4 unspecified atom stereocenters. The third-order valence-corrected chi connectivity index (χ3v) is 6.79. The number of halogens is 1. The van der Waals surface area contributed by atoms with Gasteiger partial charge < -0.3 is 5.73 Å². The van der Waals surface area contributed by atoms with Crippen LogP contribution in [0.4, 0.5) is 0 Å². The largest absolute Gasteiger partial charge is 0.327 e. The lowest BCUT2D eigenvalue weighted by molar-refractivity contribution is -0.0841. The van der Waals surface area contributed by atoms with E-state index in [0.717, 1.165) is 17.8 Å². The van der Waals surface area contributed by atoms with E-state index in [2.05, 4.69) is 44.5 Å². The van der Waals surface area contributed by atoms with E-state index in [1.54, 1.807) is 5.56 Å². The number of benzene rings is 1. The molecule has 1 aromatic rings. The molecule has 1 aromatic carbocycles. The number of rotatable bonds is 3. The molecule has 0 saturated heterocycles. The van der Waals surface area contributed by atoms with Gasteiger partial charge in [-0.3, -0.25) is 0 Å². The molecule has 4 bridgehead atoms. The summed E-state index contributed by atoms with van der Waals surface area (Å²) < 4.78 is 0. The standard InChI is InChI=1S/C20H28N.ClH/c1-3-18(21)20-11-14-8-15(12-20)10-17(9-14)19(20)16-6-4-5-13(2)7-16;/h3-7,14-15,17-19H,8-12,21H2,1-2H3;1H. The van der Waals surface area contributed by atoms with E-state index in [9.17, 15) is 0 Å². The molecule has 0 heterocycles. The lowest BCUT2D eigenvalue weighted by atomic mass is 9.42. The quantitative estimate of drug-likeness (QED) is 0.844. The van der Waals surface area contributed by atoms with Crippen LogP contribution in [0, 0.1) is 36.5 Å². The topological polar surface area (TPSA) is 26.0 Å². The Hall–Kier alpha value is -0.530. The van der Waals surface area contributed by atoms with Gasteiger partial charge in [0.2, 0.25) is 0 Å². The molecule has 1 nitrogen and oxygen atoms in total. The first-order chi connectivity index (χ1) is 10.1. The zero-order valence-electron chi connectivity index (χ0n) is 13.8. The molecule has 4 aliphatic carbocycles. The van der Waals surface area contributed by atoms with Gasteiger partial charge in [-0.1, -0.05) is 36.8 Å². The van der Waals surface area contributed by atoms with E-state index in [-0.39, 0.29) is 18.4 Å². The SMILES string of the molecule is C[CH]C(N)C12CC3CC(CC(C3)C1c1cccc(C)c1)C2.Cl. The third kappa shape index (κ3) is 2.32. The summed E-state index contributed by atoms with van der Waals surface area (Å²) in [6.07, 6.45) is 9.39. The van der Waals surface area contributed by atoms with Crippen molar-refractivity contribution in [2.45, 2.75) is 57.9 Å². The Morgan fingerprint density at radius 3 is 2.45 bits per heavy atom. The Bertz CT molecular complexity index is 526. The van der Waals surface area contributed by atoms with Crippen LogP contribution in [0.1, 0.15) is 56.1 Å². The summed E-state index contributed by atoms with van der Waals surface area (Å²) >= 11 is 0. The van der Waals surface area contributed by atoms with Crippen molar-refractivity contribution in [2.75, 3.05) is 0 Å². The van der Waals surface area contributed by atoms with Gasteiger partial charge in [0.15, 0.2) is 0 Å². The van der Waals surface area contributed by atoms with Crippen LogP contribution in [0.15, 0.2) is 24.3 Å². The predicted octanol–water partition coefficient (Wildman–Crippen LogP) is 4.88. The summed E-state index contributed by atoms with van der Waals surface area (Å²) in [6, 6.07) is 9.51. The van der Waals surface area contributed by atoms with Gasteiger partial charge in [0.25, 0.3) is 0 Å². The lowest BCUT2D eigenvalue weighted by Gasteiger charge is -2.63. The van der Waals surface area contributed by atoms with Crippen molar-refractivity contribution in [1.29, 1.82) is 0 Å². The molecular weight excluding hydrogens is 290 g/mol. The third-order valence-electron chi connectivity index (χ3n) is 6.79. The van der Waals surface area contributed by atoms with Crippen LogP contribution in [0.5, 0.6) is 0 Å². The van der Waals surface area contributed by atoms with Gasteiger partial charge in [-0.05, 0) is 80.1 Å². The van der Waals surface area contributed by atoms with Crippen LogP contribution >= 0.6 is 12.4 Å². The monoisotopic (exact) mass is 318 g/mol. The molecule has 2 heteroatoms. The average Bonchev–Trinajstić information content (AvgIpc) is 2.45. The molecule has 0 aliphatic heterocycles. The van der Waals surface area contributed by atoms with Crippen LogP contribution < -0.4 is 5.73 Å². The lowest BCUT2D eigenvalue weighted by Crippen LogP contribution is -2.58. The highest BCUT2D eigenvalue weighted by molar-refractivity contribution is 5.85. The Kier molecular flexibility index (Phi) is 4.33. The fourth-order valence-corrected chi connectivity index (χ4v) is 6.38. The zero-order valence-corrected chi connectivity index (χ0v) is 14.6. The molecule has 0 aromatic heterocycles. The molecule has 4 aliphatic rings. The minimum Gasteiger partial charge on any atom is -0.327 e. The predicted molar refractivity (Wildman–Crippen MR) is 95.1 cm³/mol. The van der Waals surface area contributed by atoms with Crippen LogP contribution in [0.3, 0.4) is 0 Å². The van der Waals surface area contributed by atoms with Crippen molar-refractivity contribution in [1.82, 2.24) is 0 Å². The maximum atomic E-state index is 6.68. The Balaban J connectivity index is 0.00000144. The van der Waals surface area contributed by atoms with E-state index >= 15 is 0 Å². The van der Waals surface area contributed by atoms with Gasteiger partial charge in [0.1, 0.15) is 0 Å². The van der Waals surface area contributed by atoms with Crippen molar-refractivity contribution >= 4 is 12.4 Å². The van der Waals surface area contributed by atoms with Gasteiger partial charge in [-0.2, -0.15) is 0 Å². The zero-order chi connectivity index (χ0) is 14.6. The van der Waals surface area contributed by atoms with Crippen LogP contribution in [-0.4, -0.2) is 6.04 Å². The summed E-state index contributed by atoms with van der Waals surface area (Å²) in [6.45, 7) is 4.38. The van der Waals surface area contributed by atoms with Gasteiger partial charge in [-0.25, -0.2) is 0 Å². The minimum atomic E-state index is 0. The second-order valence-electron chi connectivity index (χ2n) is 8.09. The van der Waals surface area contributed by atoms with E-state index < -0.39 is 0 Å². The summed E-state index contributed by atoms with van der Waals surface area (Å²) in [5.74, 6) is 3.48. The first kappa shape index (κ1) is 16.3. The normalized spacial score (nSPS) is 40.3. The van der Waals surface area contributed by atoms with E-state index in [1.165, 1.54) is 37.7 Å². The molecule has 4 fully saturated rings. The maximum Gasteiger partial charge on any atom is 0.0131 e. The first-order valence-corrected chi connectivity index (χ1v) is 8.74. The Morgan fingerprint density at radius 1 is 1.18 bits per heavy atom. The Morgan fingerprint density at radius 2 is 1.86 bits per heavy atom. The van der Waals surface area contributed by atoms with Crippen LogP contribution in [0.2, 0.25) is 0 Å². The fraction of sp³-hybridized carbons (Fsp3) is 0.650. The molecule has 22 heavy (non-hydrogen) atoms. The van der Waals surface area contributed by atoms with Crippen molar-refractivity contribution in [3.63, 3.8) is 0 Å². The second kappa shape index (κ2) is 5.83. The molecular formula is C20H29ClN. The van der Waals surface area contributed by atoms with Crippen LogP contribution in [-0.2, 0) is 0 Å². The average molecular weight is 319 g/mol. The van der Waals surface area contributed by atoms with E-state index in [0.29, 0.717) is 11.3 Å². The van der Waals surface area contributed by atoms with Crippen molar-refractivity contribution < 1.29 is 0 Å². The molecule has 0 spiro atoms. The molecule has 4 saturated carbocycles. The van der Waals surface area contributed by atoms with Crippen molar-refractivity contribution in [2.24, 2.45) is 28.9 Å². The number of aryl methyl sites for hydroxylation is 1. The molecule has 121 valence electrons. The maximum absolute atomic E-state index is 6.68. The van der Waals surface area contributed by atoms with Gasteiger partial charge in [0.05, 0.1) is 0 Å². The van der Waals surface area contributed by atoms with Crippen molar-refractivity contribution in [3.05, 3.63) is 41.8 Å². The van der Waals surface area contributed by atoms with Crippen molar-refractivity contribution in [3.8, 4) is 0 Å². The highest BCUT2D eigenvalue weighted by atomic mass is 35.5. The smallest absolute Gasteiger partial charge is 0.0131 e. The minimum absolute atomic E-state index is 0. The summed E-state index contributed by atoms with van der Waals surface area (Å²) in [7, 11) is 0. The molecule has 1 radical (unpaired) electrons. The number of hydrogen-bond acceptors (Lipinski definition) is 1. The van der Waals surface area contributed by atoms with Gasteiger partial charge in [0, 0.05) is 6.04 Å². The molecule has 5 rings (SSSR count). The Labute approximate surface area is 141 Å². The van der Waals surface area contributed by atoms with Gasteiger partial charge >= 0.3 is 0 Å². The van der Waals surface area contributed by atoms with Crippen LogP contribution in [0.25, 0.3) is 0 Å². The number of nitrogens with two attached hydrogens (primary N) is 1. The fourth-order valence-electron chi connectivity index (χ4n) is 6.38. The number of hydrogen-bond donors (Lipinski definition) is 1. The van der Waals surface area contributed by atoms with Gasteiger partial charge in [-0.15, -0.1) is 12.4 Å². The summed E-state index contributed by atoms with van der Waals surface area (Å²) in [5, 5.41) is 0. The van der Waals surface area contributed by atoms with E-state index in [1.807, 2.05) is 0 Å². The first-order valence-electron chi connectivity index (χ1n) is 8.74. The summed E-state index contributed by atoms with van der Waals surface area (Å²) in [4.78, 5) is 0. The molecule has 4 atom stereocenters. The highest BCUT2D eigenvalue weighted by Gasteiger charge is 2.59. The highest BCUT2D eigenvalue weighted by Crippen LogP contribution is 2.67. The molecule has 0 amide bonds. The van der Waals surface area contributed by atoms with E-state index in [4.69, 9.17) is 5.73 Å². The molecule has 2 N–H and O–H groups in total. The second-order valence-corrected chi connectivity index (χ2v) is 8.09. The summed E-state index contributed by atoms with van der Waals surface area (Å²) in [5.41, 5.74) is 9.99.